The predicted molar refractivity (Wildman–Crippen MR) is 83.1 cm³/mol. The number of fused-ring (bicyclic) bond motifs is 1. The van der Waals surface area contributed by atoms with Crippen molar-refractivity contribution in [2.24, 2.45) is 5.92 Å². The number of halogens is 1. The Morgan fingerprint density at radius 1 is 1.30 bits per heavy atom. The zero-order chi connectivity index (χ0) is 13.4. The van der Waals surface area contributed by atoms with E-state index in [-0.39, 0.29) is 18.3 Å². The number of hydrogen-bond acceptors (Lipinski definition) is 2. The Kier molecular flexibility index (Phi) is 4.71. The number of amides is 1. The third-order valence-electron chi connectivity index (χ3n) is 3.89. The molecular formula is C16H23ClN2O. The van der Waals surface area contributed by atoms with Crippen LogP contribution in [0.25, 0.3) is 0 Å². The second kappa shape index (κ2) is 6.15. The van der Waals surface area contributed by atoms with Gasteiger partial charge < -0.3 is 10.2 Å². The topological polar surface area (TPSA) is 32.3 Å². The Bertz CT molecular complexity index is 497. The second-order valence-corrected chi connectivity index (χ2v) is 6.17. The zero-order valence-corrected chi connectivity index (χ0v) is 13.0. The molecule has 0 radical (unpaired) electrons. The van der Waals surface area contributed by atoms with E-state index in [9.17, 15) is 4.79 Å². The van der Waals surface area contributed by atoms with Gasteiger partial charge in [-0.25, -0.2) is 0 Å². The first-order valence-electron chi connectivity index (χ1n) is 7.28. The van der Waals surface area contributed by atoms with Crippen molar-refractivity contribution in [1.29, 1.82) is 0 Å². The van der Waals surface area contributed by atoms with E-state index < -0.39 is 0 Å². The van der Waals surface area contributed by atoms with Gasteiger partial charge in [0.2, 0.25) is 0 Å². The summed E-state index contributed by atoms with van der Waals surface area (Å²) < 4.78 is 0. The highest BCUT2D eigenvalue weighted by molar-refractivity contribution is 5.95. The Morgan fingerprint density at radius 3 is 2.65 bits per heavy atom. The molecule has 3 nitrogen and oxygen atoms in total. The van der Waals surface area contributed by atoms with Crippen LogP contribution in [-0.2, 0) is 13.1 Å². The second-order valence-electron chi connectivity index (χ2n) is 6.17. The van der Waals surface area contributed by atoms with Crippen molar-refractivity contribution in [3.63, 3.8) is 0 Å². The fourth-order valence-electron chi connectivity index (χ4n) is 2.77. The predicted octanol–water partition coefficient (Wildman–Crippen LogP) is 2.97. The molecule has 1 heterocycles. The van der Waals surface area contributed by atoms with Crippen molar-refractivity contribution in [1.82, 2.24) is 10.2 Å². The molecule has 110 valence electrons. The first kappa shape index (κ1) is 15.3. The monoisotopic (exact) mass is 294 g/mol. The van der Waals surface area contributed by atoms with E-state index in [1.54, 1.807) is 0 Å². The van der Waals surface area contributed by atoms with Gasteiger partial charge >= 0.3 is 0 Å². The lowest BCUT2D eigenvalue weighted by molar-refractivity contribution is 0.0722. The SMILES string of the molecule is CC(C)CN(C(=O)c1ccc2c(c1)CNC2)C1CC1.Cl. The standard InChI is InChI=1S/C16H22N2O.ClH/c1-11(2)10-18(15-5-6-15)16(19)12-3-4-13-8-17-9-14(13)7-12;/h3-4,7,11,15,17H,5-6,8-10H2,1-2H3;1H. The molecule has 4 heteroatoms. The first-order chi connectivity index (χ1) is 9.15. The maximum absolute atomic E-state index is 12.7. The molecule has 2 aliphatic rings. The first-order valence-corrected chi connectivity index (χ1v) is 7.28. The van der Waals surface area contributed by atoms with E-state index >= 15 is 0 Å². The van der Waals surface area contributed by atoms with Crippen LogP contribution in [0.5, 0.6) is 0 Å². The highest BCUT2D eigenvalue weighted by Gasteiger charge is 2.33. The molecule has 1 saturated carbocycles. The fraction of sp³-hybridized carbons (Fsp3) is 0.562. The van der Waals surface area contributed by atoms with Gasteiger partial charge in [-0.15, -0.1) is 12.4 Å². The summed E-state index contributed by atoms with van der Waals surface area (Å²) in [4.78, 5) is 14.7. The molecule has 0 bridgehead atoms. The molecule has 0 unspecified atom stereocenters. The molecule has 0 saturated heterocycles. The summed E-state index contributed by atoms with van der Waals surface area (Å²) in [6, 6.07) is 6.65. The number of rotatable bonds is 4. The maximum Gasteiger partial charge on any atom is 0.254 e. The minimum absolute atomic E-state index is 0. The third kappa shape index (κ3) is 3.15. The Morgan fingerprint density at radius 2 is 2.00 bits per heavy atom. The molecule has 1 aromatic rings. The summed E-state index contributed by atoms with van der Waals surface area (Å²) >= 11 is 0. The van der Waals surface area contributed by atoms with Gasteiger partial charge in [-0.05, 0) is 42.0 Å². The van der Waals surface area contributed by atoms with Crippen LogP contribution < -0.4 is 5.32 Å². The van der Waals surface area contributed by atoms with Crippen LogP contribution in [0.2, 0.25) is 0 Å². The smallest absolute Gasteiger partial charge is 0.254 e. The number of nitrogens with zero attached hydrogens (tertiary/aromatic N) is 1. The van der Waals surface area contributed by atoms with Gasteiger partial charge in [-0.2, -0.15) is 0 Å². The number of nitrogens with one attached hydrogen (secondary N) is 1. The van der Waals surface area contributed by atoms with E-state index in [2.05, 4.69) is 36.2 Å². The lowest BCUT2D eigenvalue weighted by Gasteiger charge is -2.24. The largest absolute Gasteiger partial charge is 0.335 e. The zero-order valence-electron chi connectivity index (χ0n) is 12.2. The van der Waals surface area contributed by atoms with Crippen LogP contribution in [0.4, 0.5) is 0 Å². The highest BCUT2D eigenvalue weighted by Crippen LogP contribution is 2.29. The Balaban J connectivity index is 0.00000147. The quantitative estimate of drug-likeness (QED) is 0.926. The van der Waals surface area contributed by atoms with E-state index in [4.69, 9.17) is 0 Å². The summed E-state index contributed by atoms with van der Waals surface area (Å²) in [6.07, 6.45) is 2.34. The molecule has 1 aliphatic carbocycles. The van der Waals surface area contributed by atoms with Crippen molar-refractivity contribution >= 4 is 18.3 Å². The van der Waals surface area contributed by atoms with Crippen LogP contribution >= 0.6 is 12.4 Å². The Labute approximate surface area is 127 Å². The van der Waals surface area contributed by atoms with E-state index in [1.165, 1.54) is 24.0 Å². The van der Waals surface area contributed by atoms with Crippen molar-refractivity contribution in [2.45, 2.75) is 45.8 Å². The van der Waals surface area contributed by atoms with Crippen LogP contribution in [-0.4, -0.2) is 23.4 Å². The Hall–Kier alpha value is -1.06. The summed E-state index contributed by atoms with van der Waals surface area (Å²) in [7, 11) is 0. The maximum atomic E-state index is 12.7. The summed E-state index contributed by atoms with van der Waals surface area (Å²) in [6.45, 7) is 7.05. The number of carbonyl (C=O) groups is 1. The van der Waals surface area contributed by atoms with Crippen molar-refractivity contribution in [2.75, 3.05) is 6.54 Å². The lowest BCUT2D eigenvalue weighted by Crippen LogP contribution is -2.36. The summed E-state index contributed by atoms with van der Waals surface area (Å²) in [5.41, 5.74) is 3.47. The van der Waals surface area contributed by atoms with Crippen molar-refractivity contribution < 1.29 is 4.79 Å². The number of hydrogen-bond donors (Lipinski definition) is 1. The molecule has 1 aliphatic heterocycles. The molecule has 1 aromatic carbocycles. The van der Waals surface area contributed by atoms with E-state index in [0.717, 1.165) is 25.2 Å². The minimum Gasteiger partial charge on any atom is -0.335 e. The average molecular weight is 295 g/mol. The van der Waals surface area contributed by atoms with Gasteiger partial charge in [0, 0.05) is 31.2 Å². The van der Waals surface area contributed by atoms with E-state index in [0.29, 0.717) is 12.0 Å². The number of carbonyl (C=O) groups excluding carboxylic acids is 1. The minimum atomic E-state index is 0. The van der Waals surface area contributed by atoms with Gasteiger partial charge in [0.1, 0.15) is 0 Å². The molecule has 0 atom stereocenters. The van der Waals surface area contributed by atoms with Gasteiger partial charge in [0.05, 0.1) is 0 Å². The van der Waals surface area contributed by atoms with Gasteiger partial charge in [0.15, 0.2) is 0 Å². The van der Waals surface area contributed by atoms with Gasteiger partial charge in [0.25, 0.3) is 5.91 Å². The van der Waals surface area contributed by atoms with Crippen molar-refractivity contribution in [3.05, 3.63) is 34.9 Å². The molecule has 0 aromatic heterocycles. The van der Waals surface area contributed by atoms with Crippen molar-refractivity contribution in [3.8, 4) is 0 Å². The molecule has 20 heavy (non-hydrogen) atoms. The highest BCUT2D eigenvalue weighted by atomic mass is 35.5. The van der Waals surface area contributed by atoms with Gasteiger partial charge in [-0.1, -0.05) is 19.9 Å². The van der Waals surface area contributed by atoms with Crippen LogP contribution in [0.1, 0.15) is 48.2 Å². The molecule has 3 rings (SSSR count). The third-order valence-corrected chi connectivity index (χ3v) is 3.89. The normalized spacial score (nSPS) is 16.8. The van der Waals surface area contributed by atoms with Crippen LogP contribution in [0, 0.1) is 5.92 Å². The lowest BCUT2D eigenvalue weighted by atomic mass is 10.0. The van der Waals surface area contributed by atoms with E-state index in [1.807, 2.05) is 6.07 Å². The van der Waals surface area contributed by atoms with Gasteiger partial charge in [-0.3, -0.25) is 4.79 Å². The molecule has 0 spiro atoms. The molecular weight excluding hydrogens is 272 g/mol. The molecule has 1 fully saturated rings. The summed E-state index contributed by atoms with van der Waals surface area (Å²) in [5, 5.41) is 3.33. The van der Waals surface area contributed by atoms with Crippen LogP contribution in [0.3, 0.4) is 0 Å². The average Bonchev–Trinajstić information content (AvgIpc) is 3.12. The molecule has 1 amide bonds. The number of benzene rings is 1. The summed E-state index contributed by atoms with van der Waals surface area (Å²) in [5.74, 6) is 0.742. The fourth-order valence-corrected chi connectivity index (χ4v) is 2.77. The van der Waals surface area contributed by atoms with Crippen LogP contribution in [0.15, 0.2) is 18.2 Å². The molecule has 1 N–H and O–H groups in total.